The van der Waals surface area contributed by atoms with Gasteiger partial charge in [-0.3, -0.25) is 4.79 Å². The summed E-state index contributed by atoms with van der Waals surface area (Å²) in [6, 6.07) is 0. The zero-order valence-electron chi connectivity index (χ0n) is 9.51. The summed E-state index contributed by atoms with van der Waals surface area (Å²) in [5.41, 5.74) is -0.368. The molecule has 2 heterocycles. The topological polar surface area (TPSA) is 114 Å². The number of hydrogen-bond acceptors (Lipinski definition) is 5. The lowest BCUT2D eigenvalue weighted by molar-refractivity contribution is -0.0855. The molecule has 18 heavy (non-hydrogen) atoms. The van der Waals surface area contributed by atoms with E-state index in [0.717, 1.165) is 0 Å². The van der Waals surface area contributed by atoms with Crippen molar-refractivity contribution in [2.24, 2.45) is 0 Å². The zero-order valence-corrected chi connectivity index (χ0v) is 9.51. The first-order valence-electron chi connectivity index (χ1n) is 5.42. The van der Waals surface area contributed by atoms with Crippen molar-refractivity contribution in [3.8, 4) is 0 Å². The lowest BCUT2D eigenvalue weighted by Crippen LogP contribution is -2.40. The second kappa shape index (κ2) is 5.61. The number of amides is 1. The highest BCUT2D eigenvalue weighted by Crippen LogP contribution is 2.03. The van der Waals surface area contributed by atoms with Crippen molar-refractivity contribution in [1.82, 2.24) is 15.3 Å². The van der Waals surface area contributed by atoms with E-state index in [-0.39, 0.29) is 24.0 Å². The summed E-state index contributed by atoms with van der Waals surface area (Å²) >= 11 is 0. The number of aromatic carboxylic acids is 1. The molecule has 1 saturated heterocycles. The Morgan fingerprint density at radius 1 is 1.56 bits per heavy atom. The molecule has 0 spiro atoms. The maximum absolute atomic E-state index is 11.7. The van der Waals surface area contributed by atoms with Gasteiger partial charge in [0.25, 0.3) is 5.91 Å². The van der Waals surface area contributed by atoms with E-state index in [0.29, 0.717) is 19.8 Å². The Labute approximate surface area is 102 Å². The van der Waals surface area contributed by atoms with E-state index >= 15 is 0 Å². The molecule has 1 aliphatic rings. The van der Waals surface area contributed by atoms with Gasteiger partial charge >= 0.3 is 5.97 Å². The predicted octanol–water partition coefficient (Wildman–Crippen LogP) is -0.747. The molecule has 8 nitrogen and oxygen atoms in total. The Morgan fingerprint density at radius 3 is 3.06 bits per heavy atom. The smallest absolute Gasteiger partial charge is 0.354 e. The van der Waals surface area contributed by atoms with Gasteiger partial charge in [-0.1, -0.05) is 0 Å². The van der Waals surface area contributed by atoms with Crippen molar-refractivity contribution in [2.45, 2.75) is 6.10 Å². The lowest BCUT2D eigenvalue weighted by Gasteiger charge is -2.22. The lowest BCUT2D eigenvalue weighted by atomic mass is 10.3. The average Bonchev–Trinajstić information content (AvgIpc) is 2.86. The highest BCUT2D eigenvalue weighted by atomic mass is 16.6. The minimum atomic E-state index is -1.23. The van der Waals surface area contributed by atoms with Gasteiger partial charge in [-0.05, 0) is 0 Å². The normalized spacial score (nSPS) is 19.4. The third kappa shape index (κ3) is 2.84. The Kier molecular flexibility index (Phi) is 3.90. The van der Waals surface area contributed by atoms with Crippen LogP contribution in [0.2, 0.25) is 0 Å². The fraction of sp³-hybridized carbons (Fsp3) is 0.500. The minimum absolute atomic E-state index is 0.140. The van der Waals surface area contributed by atoms with Crippen molar-refractivity contribution in [3.05, 3.63) is 17.7 Å². The third-order valence-electron chi connectivity index (χ3n) is 2.44. The van der Waals surface area contributed by atoms with Crippen LogP contribution in [-0.4, -0.2) is 59.4 Å². The van der Waals surface area contributed by atoms with Gasteiger partial charge in [-0.15, -0.1) is 0 Å². The second-order valence-electron chi connectivity index (χ2n) is 3.71. The van der Waals surface area contributed by atoms with Crippen molar-refractivity contribution < 1.29 is 24.2 Å². The van der Waals surface area contributed by atoms with Crippen molar-refractivity contribution >= 4 is 11.9 Å². The molecule has 2 rings (SSSR count). The molecule has 3 N–H and O–H groups in total. The second-order valence-corrected chi connectivity index (χ2v) is 3.71. The van der Waals surface area contributed by atoms with E-state index in [1.165, 1.54) is 6.33 Å². The van der Waals surface area contributed by atoms with Crippen molar-refractivity contribution in [2.75, 3.05) is 26.4 Å². The first-order chi connectivity index (χ1) is 8.68. The highest BCUT2D eigenvalue weighted by molar-refractivity contribution is 6.02. The molecular formula is C10H13N3O5. The number of ether oxygens (including phenoxy) is 2. The molecule has 0 aromatic carbocycles. The number of nitrogens with zero attached hydrogens (tertiary/aromatic N) is 1. The first-order valence-corrected chi connectivity index (χ1v) is 5.42. The van der Waals surface area contributed by atoms with Crippen LogP contribution in [0.5, 0.6) is 0 Å². The Hall–Kier alpha value is -1.93. The van der Waals surface area contributed by atoms with Crippen LogP contribution in [0.4, 0.5) is 0 Å². The number of carboxylic acids is 1. The summed E-state index contributed by atoms with van der Waals surface area (Å²) in [7, 11) is 0. The molecule has 1 unspecified atom stereocenters. The number of carbonyl (C=O) groups is 2. The summed E-state index contributed by atoms with van der Waals surface area (Å²) in [5.74, 6) is -1.78. The maximum atomic E-state index is 11.7. The van der Waals surface area contributed by atoms with Gasteiger partial charge in [0.15, 0.2) is 11.4 Å². The molecule has 0 saturated carbocycles. The Bertz CT molecular complexity index is 438. The van der Waals surface area contributed by atoms with Crippen LogP contribution in [-0.2, 0) is 9.47 Å². The van der Waals surface area contributed by atoms with Crippen molar-refractivity contribution in [3.63, 3.8) is 0 Å². The van der Waals surface area contributed by atoms with Gasteiger partial charge in [0.2, 0.25) is 0 Å². The number of carbonyl (C=O) groups excluding carboxylic acids is 1. The summed E-state index contributed by atoms with van der Waals surface area (Å²) in [5, 5.41) is 11.4. The maximum Gasteiger partial charge on any atom is 0.354 e. The van der Waals surface area contributed by atoms with E-state index < -0.39 is 11.9 Å². The van der Waals surface area contributed by atoms with E-state index in [1.54, 1.807) is 0 Å². The first kappa shape index (κ1) is 12.5. The van der Waals surface area contributed by atoms with Gasteiger partial charge < -0.3 is 24.9 Å². The molecule has 0 aliphatic carbocycles. The fourth-order valence-corrected chi connectivity index (χ4v) is 1.57. The monoisotopic (exact) mass is 255 g/mol. The number of nitrogens with one attached hydrogen (secondary N) is 2. The van der Waals surface area contributed by atoms with Crippen LogP contribution in [0.25, 0.3) is 0 Å². The number of H-pyrrole nitrogens is 1. The van der Waals surface area contributed by atoms with Gasteiger partial charge in [-0.2, -0.15) is 0 Å². The van der Waals surface area contributed by atoms with E-state index in [4.69, 9.17) is 14.6 Å². The summed E-state index contributed by atoms with van der Waals surface area (Å²) in [6.07, 6.45) is 0.952. The van der Waals surface area contributed by atoms with E-state index in [9.17, 15) is 9.59 Å². The molecule has 1 aliphatic heterocycles. The number of aromatic amines is 1. The molecule has 0 radical (unpaired) electrons. The largest absolute Gasteiger partial charge is 0.477 e. The van der Waals surface area contributed by atoms with Gasteiger partial charge in [0.1, 0.15) is 0 Å². The third-order valence-corrected chi connectivity index (χ3v) is 2.44. The van der Waals surface area contributed by atoms with Crippen LogP contribution in [0, 0.1) is 0 Å². The fourth-order valence-electron chi connectivity index (χ4n) is 1.57. The molecule has 98 valence electrons. The molecule has 8 heteroatoms. The SMILES string of the molecule is O=C(NCC1COCCO1)c1nc[nH]c1C(=O)O. The van der Waals surface area contributed by atoms with E-state index in [1.807, 2.05) is 0 Å². The quantitative estimate of drug-likeness (QED) is 0.652. The van der Waals surface area contributed by atoms with Crippen molar-refractivity contribution in [1.29, 1.82) is 0 Å². The summed E-state index contributed by atoms with van der Waals surface area (Å²) in [6.45, 7) is 1.70. The Morgan fingerprint density at radius 2 is 2.39 bits per heavy atom. The van der Waals surface area contributed by atoms with Crippen LogP contribution < -0.4 is 5.32 Å². The highest BCUT2D eigenvalue weighted by Gasteiger charge is 2.21. The zero-order chi connectivity index (χ0) is 13.0. The molecule has 1 aromatic rings. The molecule has 1 amide bonds. The number of carboxylic acid groups (broad SMARTS) is 1. The molecule has 1 aromatic heterocycles. The number of rotatable bonds is 4. The van der Waals surface area contributed by atoms with Gasteiger partial charge in [0.05, 0.1) is 32.3 Å². The number of hydrogen-bond donors (Lipinski definition) is 3. The molecule has 1 atom stereocenters. The van der Waals surface area contributed by atoms with Crippen LogP contribution in [0.3, 0.4) is 0 Å². The van der Waals surface area contributed by atoms with Crippen LogP contribution >= 0.6 is 0 Å². The van der Waals surface area contributed by atoms with E-state index in [2.05, 4.69) is 15.3 Å². The van der Waals surface area contributed by atoms with Gasteiger partial charge in [-0.25, -0.2) is 9.78 Å². The predicted molar refractivity (Wildman–Crippen MR) is 58.4 cm³/mol. The molecular weight excluding hydrogens is 242 g/mol. The number of imidazole rings is 1. The summed E-state index contributed by atoms with van der Waals surface area (Å²) < 4.78 is 10.5. The average molecular weight is 255 g/mol. The van der Waals surface area contributed by atoms with Crippen LogP contribution in [0.15, 0.2) is 6.33 Å². The number of aromatic nitrogens is 2. The minimum Gasteiger partial charge on any atom is -0.477 e. The summed E-state index contributed by atoms with van der Waals surface area (Å²) in [4.78, 5) is 28.6. The molecule has 1 fully saturated rings. The van der Waals surface area contributed by atoms with Gasteiger partial charge in [0, 0.05) is 6.54 Å². The standard InChI is InChI=1S/C10H13N3O5/c14-9(7-8(10(15)16)13-5-12-7)11-3-6-4-17-1-2-18-6/h5-6H,1-4H2,(H,11,14)(H,12,13)(H,15,16). The Balaban J connectivity index is 1.91. The van der Waals surface area contributed by atoms with Crippen LogP contribution in [0.1, 0.15) is 21.0 Å². The molecule has 0 bridgehead atoms.